The predicted molar refractivity (Wildman–Crippen MR) is 240 cm³/mol. The fourth-order valence-electron chi connectivity index (χ4n) is 9.72. The summed E-state index contributed by atoms with van der Waals surface area (Å²) < 4.78 is 11.0. The second kappa shape index (κ2) is 20.3. The molecule has 2 fully saturated rings. The van der Waals surface area contributed by atoms with Crippen LogP contribution in [-0.2, 0) is 19.1 Å². The summed E-state index contributed by atoms with van der Waals surface area (Å²) in [5, 5.41) is 23.3. The Morgan fingerprint density at radius 2 is 1.57 bits per heavy atom. The first-order valence-corrected chi connectivity index (χ1v) is 21.9. The molecule has 0 aromatic carbocycles. The van der Waals surface area contributed by atoms with E-state index >= 15 is 0 Å². The van der Waals surface area contributed by atoms with Gasteiger partial charge in [-0.1, -0.05) is 127 Å². The average molecular weight is 829 g/mol. The summed E-state index contributed by atoms with van der Waals surface area (Å²) in [6.07, 6.45) is 18.4. The smallest absolute Gasteiger partial charge is 0.681 e. The van der Waals surface area contributed by atoms with Crippen LogP contribution in [0.2, 0.25) is 0 Å². The van der Waals surface area contributed by atoms with Crippen LogP contribution in [0.15, 0.2) is 29.2 Å². The molecule has 4 aliphatic rings. The van der Waals surface area contributed by atoms with E-state index in [2.05, 4.69) is 47.6 Å². The molecule has 0 saturated carbocycles. The molecule has 60 heavy (non-hydrogen) atoms. The number of nitrogens with zero attached hydrogens (tertiary/aromatic N) is 4. The Hall–Kier alpha value is -3.96. The van der Waals surface area contributed by atoms with Gasteiger partial charge < -0.3 is 35.2 Å². The van der Waals surface area contributed by atoms with Crippen LogP contribution < -0.4 is 20.5 Å². The number of methoxy groups -OCH3 is 1. The van der Waals surface area contributed by atoms with Gasteiger partial charge in [-0.25, -0.2) is 0 Å². The molecule has 0 spiro atoms. The largest absolute Gasteiger partial charge is 2.00 e. The van der Waals surface area contributed by atoms with E-state index in [9.17, 15) is 19.5 Å². The van der Waals surface area contributed by atoms with E-state index in [1.165, 1.54) is 32.8 Å². The summed E-state index contributed by atoms with van der Waals surface area (Å²) in [5.74, 6) is -0.946. The van der Waals surface area contributed by atoms with Crippen molar-refractivity contribution in [3.05, 3.63) is 84.2 Å². The molecule has 10 nitrogen and oxygen atoms in total. The quantitative estimate of drug-likeness (QED) is 0.0580. The third kappa shape index (κ3) is 9.72. The van der Waals surface area contributed by atoms with Crippen LogP contribution in [0, 0.1) is 55.3 Å². The van der Waals surface area contributed by atoms with E-state index in [0.717, 1.165) is 59.3 Å². The Morgan fingerprint density at radius 3 is 2.25 bits per heavy atom. The molecule has 2 aromatic heterocycles. The van der Waals surface area contributed by atoms with Crippen molar-refractivity contribution in [2.24, 2.45) is 41.4 Å². The molecule has 0 amide bonds. The van der Waals surface area contributed by atoms with Gasteiger partial charge in [0.25, 0.3) is 0 Å². The van der Waals surface area contributed by atoms with Gasteiger partial charge in [-0.05, 0) is 75.5 Å². The van der Waals surface area contributed by atoms with Crippen LogP contribution in [0.3, 0.4) is 0 Å². The fraction of sp³-hybridized carbons (Fsp3) is 0.571. The average Bonchev–Trinajstić information content (AvgIpc) is 3.93. The summed E-state index contributed by atoms with van der Waals surface area (Å²) in [7, 11) is 1.31. The number of allylic oxidation sites excluding steroid dienone is 4. The number of rotatable bonds is 16. The van der Waals surface area contributed by atoms with E-state index in [1.807, 2.05) is 38.2 Å². The van der Waals surface area contributed by atoms with Crippen molar-refractivity contribution < 1.29 is 29.0 Å². The number of aliphatic hydroxyl groups is 1. The number of hydrogen-bond acceptors (Lipinski definition) is 6. The number of unbranched alkanes of at least 4 members (excludes halogenated alkanes) is 1. The molecule has 5 heterocycles. The van der Waals surface area contributed by atoms with Crippen molar-refractivity contribution in [3.8, 4) is 0 Å². The molecule has 1 aliphatic carbocycles. The minimum atomic E-state index is -1.09. The fourth-order valence-corrected chi connectivity index (χ4v) is 9.72. The molecular formula is C49H64MgN4O6-2. The molecule has 6 rings (SSSR count). The van der Waals surface area contributed by atoms with Crippen molar-refractivity contribution >= 4 is 70.3 Å². The number of aromatic nitrogens is 2. The number of ether oxygens (including phenoxy) is 2. The normalized spacial score (nSPS) is 26.1. The van der Waals surface area contributed by atoms with Crippen molar-refractivity contribution in [3.63, 3.8) is 0 Å². The first-order valence-electron chi connectivity index (χ1n) is 21.9. The summed E-state index contributed by atoms with van der Waals surface area (Å²) >= 11 is 0. The van der Waals surface area contributed by atoms with E-state index in [0.29, 0.717) is 45.2 Å². The third-order valence-corrected chi connectivity index (χ3v) is 13.2. The summed E-state index contributed by atoms with van der Waals surface area (Å²) in [5.41, 5.74) is 6.96. The zero-order valence-electron chi connectivity index (χ0n) is 37.6. The predicted octanol–water partition coefficient (Wildman–Crippen LogP) is 8.97. The molecule has 1 N–H and O–H groups in total. The molecule has 7 atom stereocenters. The minimum Gasteiger partial charge on any atom is -0.681 e. The standard InChI is InChI=1S/C49H65N4O6.Mg/c1-11-33-28(5)35-25-40-42(32(9)54)30(7)37(51-40)23-36-29(6)34(20-21-41(55)59-22-15-13-12-14-18-27(4)19-16-17-26(2)3)46(52-36)44-45(49(57)58-10)48(56)43-31(8)38(53-47(43)44)24-39(33)50-35;/h13,15,23-29,33-34,45-46H,11-12,14,16-22H2,1-10H3,(H2-,50,51,54,56);/q-3;+2/p-1/b15-13+,36-23-,39-24-;/t27-,28+,29-,33+,34-,45+,46?;/m0./s1. The molecule has 1 unspecified atom stereocenters. The zero-order chi connectivity index (χ0) is 42.7. The molecule has 2 saturated heterocycles. The maximum Gasteiger partial charge on any atom is 2.00 e. The number of ketones is 1. The van der Waals surface area contributed by atoms with Gasteiger partial charge in [0.2, 0.25) is 0 Å². The van der Waals surface area contributed by atoms with Crippen molar-refractivity contribution in [2.45, 2.75) is 126 Å². The molecule has 320 valence electrons. The molecule has 2 aromatic rings. The van der Waals surface area contributed by atoms with Gasteiger partial charge in [-0.2, -0.15) is 17.1 Å². The molecule has 11 heteroatoms. The Balaban J connectivity index is 0.00000683. The van der Waals surface area contributed by atoms with E-state index in [1.54, 1.807) is 6.92 Å². The second-order valence-corrected chi connectivity index (χ2v) is 17.8. The minimum absolute atomic E-state index is 0. The van der Waals surface area contributed by atoms with Crippen LogP contribution in [0.5, 0.6) is 0 Å². The van der Waals surface area contributed by atoms with Gasteiger partial charge in [0, 0.05) is 17.2 Å². The summed E-state index contributed by atoms with van der Waals surface area (Å²) in [6.45, 7) is 18.8. The van der Waals surface area contributed by atoms with Crippen LogP contribution in [0.1, 0.15) is 145 Å². The Kier molecular flexibility index (Phi) is 15.9. The molecular weight excluding hydrogens is 765 g/mol. The van der Waals surface area contributed by atoms with Crippen LogP contribution in [0.25, 0.3) is 40.2 Å². The van der Waals surface area contributed by atoms with Gasteiger partial charge in [0.15, 0.2) is 5.78 Å². The molecule has 3 aliphatic heterocycles. The number of Topliss-reactive ketones (excluding diaryl/α,β-unsaturated/α-hetero) is 1. The van der Waals surface area contributed by atoms with Crippen LogP contribution in [-0.4, -0.2) is 65.6 Å². The summed E-state index contributed by atoms with van der Waals surface area (Å²) in [4.78, 5) is 50.1. The van der Waals surface area contributed by atoms with E-state index < -0.39 is 17.9 Å². The SMILES string of the molecule is CC[C@H]1/C2=C/c3[n-]c4c(c3C)=C(O)[C@H](C(=O)OC)C=4C3[N-]/C(=C\c4[n-]c(c(C(C)=O)c4C)/C=C(\[N-]2)[C@@H]1C)[C@@H](C)[C@@H]3CCC(=O)OC/C=C/CCC[C@H](C)CCCC(C)C.[Mg+2]. The van der Waals surface area contributed by atoms with Crippen molar-refractivity contribution in [2.75, 3.05) is 13.7 Å². The van der Waals surface area contributed by atoms with Gasteiger partial charge >= 0.3 is 35.0 Å². The first kappa shape index (κ1) is 47.1. The number of carbonyl (C=O) groups excluding carboxylic acids is 3. The van der Waals surface area contributed by atoms with Crippen molar-refractivity contribution in [1.29, 1.82) is 0 Å². The van der Waals surface area contributed by atoms with Gasteiger partial charge in [0.05, 0.1) is 7.11 Å². The van der Waals surface area contributed by atoms with Crippen molar-refractivity contribution in [1.82, 2.24) is 9.97 Å². The van der Waals surface area contributed by atoms with Crippen LogP contribution >= 0.6 is 0 Å². The molecule has 0 radical (unpaired) electrons. The molecule has 8 bridgehead atoms. The Morgan fingerprint density at radius 1 is 0.883 bits per heavy atom. The maximum absolute atomic E-state index is 13.6. The zero-order valence-corrected chi connectivity index (χ0v) is 39.0. The monoisotopic (exact) mass is 828 g/mol. The Labute approximate surface area is 373 Å². The van der Waals surface area contributed by atoms with Gasteiger partial charge in [-0.3, -0.25) is 14.4 Å². The van der Waals surface area contributed by atoms with Gasteiger partial charge in [0.1, 0.15) is 18.3 Å². The number of esters is 2. The Bertz CT molecular complexity index is 2190. The van der Waals surface area contributed by atoms with Gasteiger partial charge in [-0.15, -0.1) is 22.4 Å². The first-order chi connectivity index (χ1) is 28.2. The van der Waals surface area contributed by atoms with Crippen LogP contribution in [0.4, 0.5) is 0 Å². The number of carbonyl (C=O) groups is 3. The summed E-state index contributed by atoms with van der Waals surface area (Å²) in [6, 6.07) is -0.611. The number of aliphatic hydroxyl groups excluding tert-OH is 1. The topological polar surface area (TPSA) is 146 Å². The number of hydrogen-bond donors (Lipinski definition) is 1. The number of fused-ring (bicyclic) bond motifs is 8. The van der Waals surface area contributed by atoms with E-state index in [4.69, 9.17) is 30.1 Å². The van der Waals surface area contributed by atoms with E-state index in [-0.39, 0.29) is 77.3 Å². The maximum atomic E-state index is 13.6. The second-order valence-electron chi connectivity index (χ2n) is 17.8. The third-order valence-electron chi connectivity index (χ3n) is 13.2.